The third kappa shape index (κ3) is 4.11. The number of benzene rings is 2. The quantitative estimate of drug-likeness (QED) is 0.268. The minimum Gasteiger partial charge on any atom is -0.294 e. The van der Waals surface area contributed by atoms with Crippen molar-refractivity contribution >= 4 is 33.2 Å². The molecule has 0 atom stereocenters. The molecule has 3 aromatic rings. The van der Waals surface area contributed by atoms with E-state index >= 15 is 0 Å². The molecule has 0 radical (unpaired) electrons. The van der Waals surface area contributed by atoms with Gasteiger partial charge in [0.15, 0.2) is 17.3 Å². The Balaban J connectivity index is 1.91. The van der Waals surface area contributed by atoms with Gasteiger partial charge in [-0.25, -0.2) is 14.0 Å². The molecule has 0 amide bonds. The number of Topliss-reactive ketones (excluding diaryl/α,β-unsaturated/α-hetero) is 1. The molecule has 28 heavy (non-hydrogen) atoms. The fourth-order valence-corrected chi connectivity index (χ4v) is 2.75. The monoisotopic (exact) mass is 443 g/mol. The van der Waals surface area contributed by atoms with Crippen LogP contribution >= 0.6 is 15.9 Å². The number of nitrogens with one attached hydrogen (secondary N) is 1. The number of hydrogen-bond donors (Lipinski definition) is 2. The zero-order valence-corrected chi connectivity index (χ0v) is 15.6. The third-order valence-corrected chi connectivity index (χ3v) is 4.31. The number of carbonyl (C=O) groups is 1. The third-order valence-electron chi connectivity index (χ3n) is 3.71. The van der Waals surface area contributed by atoms with Crippen LogP contribution in [-0.2, 0) is 6.42 Å². The summed E-state index contributed by atoms with van der Waals surface area (Å²) in [5, 5.41) is 25.9. The lowest BCUT2D eigenvalue weighted by molar-refractivity contribution is 0.0990. The number of aromatic nitrogens is 2. The van der Waals surface area contributed by atoms with Gasteiger partial charge in [0.1, 0.15) is 11.5 Å². The van der Waals surface area contributed by atoms with Crippen molar-refractivity contribution in [3.05, 3.63) is 75.3 Å². The van der Waals surface area contributed by atoms with Gasteiger partial charge in [-0.2, -0.15) is 5.26 Å². The Kier molecular flexibility index (Phi) is 5.88. The van der Waals surface area contributed by atoms with E-state index in [0.717, 1.165) is 0 Å². The summed E-state index contributed by atoms with van der Waals surface area (Å²) in [4.78, 5) is 16.7. The largest absolute Gasteiger partial charge is 0.294 e. The number of carbonyl (C=O) groups excluding carboxylic acids is 1. The molecule has 1 aromatic heterocycles. The molecule has 0 fully saturated rings. The summed E-state index contributed by atoms with van der Waals surface area (Å²) in [5.74, 6) is -0.991. The van der Waals surface area contributed by atoms with Gasteiger partial charge >= 0.3 is 0 Å². The SMILES string of the molecule is N#Cc1ccccc1C(=O)Cc1nonc1C(=Nc1ccc(F)c(Br)c1)NO. The first-order valence-corrected chi connectivity index (χ1v) is 8.60. The van der Waals surface area contributed by atoms with Crippen LogP contribution in [0.3, 0.4) is 0 Å². The summed E-state index contributed by atoms with van der Waals surface area (Å²) in [6, 6.07) is 12.3. The van der Waals surface area contributed by atoms with Gasteiger partial charge in [-0.05, 0) is 45.4 Å². The normalized spacial score (nSPS) is 11.1. The Morgan fingerprint density at radius 1 is 1.32 bits per heavy atom. The van der Waals surface area contributed by atoms with Crippen LogP contribution in [0.1, 0.15) is 27.3 Å². The summed E-state index contributed by atoms with van der Waals surface area (Å²) >= 11 is 3.05. The second kappa shape index (κ2) is 8.51. The predicted molar refractivity (Wildman–Crippen MR) is 98.7 cm³/mol. The van der Waals surface area contributed by atoms with Crippen molar-refractivity contribution in [1.29, 1.82) is 5.26 Å². The lowest BCUT2D eigenvalue weighted by Gasteiger charge is -2.05. The van der Waals surface area contributed by atoms with E-state index in [-0.39, 0.29) is 45.0 Å². The summed E-state index contributed by atoms with van der Waals surface area (Å²) in [7, 11) is 0. The molecule has 0 saturated heterocycles. The molecule has 0 saturated carbocycles. The Bertz CT molecular complexity index is 1110. The van der Waals surface area contributed by atoms with Crippen LogP contribution in [0, 0.1) is 17.1 Å². The molecule has 0 unspecified atom stereocenters. The lowest BCUT2D eigenvalue weighted by atomic mass is 10.0. The Hall–Kier alpha value is -3.42. The number of halogens is 2. The molecule has 1 heterocycles. The van der Waals surface area contributed by atoms with Crippen LogP contribution in [0.5, 0.6) is 0 Å². The first-order chi connectivity index (χ1) is 13.5. The van der Waals surface area contributed by atoms with Gasteiger partial charge in [-0.1, -0.05) is 23.4 Å². The Morgan fingerprint density at radius 3 is 2.82 bits per heavy atom. The van der Waals surface area contributed by atoms with E-state index in [9.17, 15) is 14.4 Å². The molecule has 0 spiro atoms. The number of hydroxylamine groups is 1. The van der Waals surface area contributed by atoms with Crippen LogP contribution in [0.15, 0.2) is 56.6 Å². The van der Waals surface area contributed by atoms with Gasteiger partial charge < -0.3 is 0 Å². The Labute approximate surface area is 166 Å². The number of ketones is 1. The van der Waals surface area contributed by atoms with Crippen molar-refractivity contribution in [1.82, 2.24) is 15.8 Å². The van der Waals surface area contributed by atoms with E-state index < -0.39 is 5.82 Å². The molecular weight excluding hydrogens is 433 g/mol. The van der Waals surface area contributed by atoms with E-state index in [0.29, 0.717) is 5.69 Å². The van der Waals surface area contributed by atoms with E-state index in [1.165, 1.54) is 30.3 Å². The molecule has 8 nitrogen and oxygen atoms in total. The van der Waals surface area contributed by atoms with Crippen molar-refractivity contribution in [2.45, 2.75) is 6.42 Å². The fourth-order valence-electron chi connectivity index (χ4n) is 2.39. The zero-order chi connectivity index (χ0) is 20.1. The van der Waals surface area contributed by atoms with E-state index in [1.54, 1.807) is 12.1 Å². The van der Waals surface area contributed by atoms with Gasteiger partial charge in [0.05, 0.1) is 28.2 Å². The maximum absolute atomic E-state index is 13.4. The molecule has 0 aliphatic rings. The van der Waals surface area contributed by atoms with Crippen LogP contribution < -0.4 is 5.48 Å². The van der Waals surface area contributed by atoms with E-state index in [4.69, 9.17) is 5.26 Å². The second-order valence-corrected chi connectivity index (χ2v) is 6.34. The maximum atomic E-state index is 13.4. The Morgan fingerprint density at radius 2 is 2.11 bits per heavy atom. The topological polar surface area (TPSA) is 124 Å². The smallest absolute Gasteiger partial charge is 0.182 e. The average molecular weight is 444 g/mol. The first-order valence-electron chi connectivity index (χ1n) is 7.81. The summed E-state index contributed by atoms with van der Waals surface area (Å²) in [6.07, 6.45) is -0.231. The molecule has 0 aliphatic carbocycles. The van der Waals surface area contributed by atoms with Crippen molar-refractivity contribution in [3.63, 3.8) is 0 Å². The second-order valence-electron chi connectivity index (χ2n) is 5.49. The summed E-state index contributed by atoms with van der Waals surface area (Å²) in [5.41, 5.74) is 2.76. The number of nitrogens with zero attached hydrogens (tertiary/aromatic N) is 4. The summed E-state index contributed by atoms with van der Waals surface area (Å²) in [6.45, 7) is 0. The minimum atomic E-state index is -0.469. The van der Waals surface area contributed by atoms with Gasteiger partial charge in [0.2, 0.25) is 0 Å². The number of nitriles is 1. The molecule has 2 aromatic carbocycles. The number of rotatable bonds is 5. The molecule has 10 heteroatoms. The van der Waals surface area contributed by atoms with Gasteiger partial charge in [-0.3, -0.25) is 15.5 Å². The highest BCUT2D eigenvalue weighted by Gasteiger charge is 2.21. The van der Waals surface area contributed by atoms with Gasteiger partial charge in [-0.15, -0.1) is 0 Å². The van der Waals surface area contributed by atoms with Gasteiger partial charge in [0, 0.05) is 5.56 Å². The van der Waals surface area contributed by atoms with Gasteiger partial charge in [0.25, 0.3) is 0 Å². The minimum absolute atomic E-state index is 0.00531. The highest BCUT2D eigenvalue weighted by atomic mass is 79.9. The zero-order valence-electron chi connectivity index (χ0n) is 14.1. The molecular formula is C18H11BrFN5O3. The van der Waals surface area contributed by atoms with Crippen LogP contribution in [0.4, 0.5) is 10.1 Å². The fraction of sp³-hybridized carbons (Fsp3) is 0.0556. The standard InChI is InChI=1S/C18H11BrFN5O3/c19-13-7-11(5-6-14(13)20)22-18(23-27)17-15(24-28-25-17)8-16(26)12-4-2-1-3-10(12)9-21/h1-7,27H,8H2,(H,22,23). The van der Waals surface area contributed by atoms with Crippen molar-refractivity contribution < 1.29 is 19.0 Å². The number of amidine groups is 1. The predicted octanol–water partition coefficient (Wildman–Crippen LogP) is 3.33. The van der Waals surface area contributed by atoms with Crippen LogP contribution in [0.25, 0.3) is 0 Å². The molecule has 0 aliphatic heterocycles. The molecule has 0 bridgehead atoms. The van der Waals surface area contributed by atoms with Crippen LogP contribution in [-0.4, -0.2) is 27.1 Å². The van der Waals surface area contributed by atoms with Crippen molar-refractivity contribution in [2.24, 2.45) is 4.99 Å². The lowest BCUT2D eigenvalue weighted by Crippen LogP contribution is -2.22. The maximum Gasteiger partial charge on any atom is 0.182 e. The van der Waals surface area contributed by atoms with Crippen LogP contribution in [0.2, 0.25) is 0 Å². The summed E-state index contributed by atoms with van der Waals surface area (Å²) < 4.78 is 18.2. The van der Waals surface area contributed by atoms with Crippen molar-refractivity contribution in [2.75, 3.05) is 0 Å². The average Bonchev–Trinajstić information content (AvgIpc) is 3.16. The van der Waals surface area contributed by atoms with E-state index in [2.05, 4.69) is 35.9 Å². The molecule has 140 valence electrons. The first kappa shape index (κ1) is 19.3. The number of aliphatic imine (C=N–C) groups is 1. The number of hydrogen-bond acceptors (Lipinski definition) is 7. The molecule has 2 N–H and O–H groups in total. The van der Waals surface area contributed by atoms with Crippen molar-refractivity contribution in [3.8, 4) is 6.07 Å². The molecule has 3 rings (SSSR count). The highest BCUT2D eigenvalue weighted by molar-refractivity contribution is 9.10. The highest BCUT2D eigenvalue weighted by Crippen LogP contribution is 2.23. The van der Waals surface area contributed by atoms with E-state index in [1.807, 2.05) is 11.5 Å².